The summed E-state index contributed by atoms with van der Waals surface area (Å²) in [4.78, 5) is 15.6. The Morgan fingerprint density at radius 1 is 1.08 bits per heavy atom. The Balaban J connectivity index is 1.45. The van der Waals surface area contributed by atoms with E-state index in [2.05, 4.69) is 27.1 Å². The molecule has 2 saturated heterocycles. The maximum Gasteiger partial charge on any atom is 0.319 e. The summed E-state index contributed by atoms with van der Waals surface area (Å²) in [6.45, 7) is 5.17. The van der Waals surface area contributed by atoms with E-state index in [-0.39, 0.29) is 34.1 Å². The Morgan fingerprint density at radius 2 is 1.92 bits per heavy atom. The minimum absolute atomic E-state index is 0.176. The molecule has 0 amide bonds. The molecular weight excluding hydrogens is 498 g/mol. The number of anilines is 3. The largest absolute Gasteiger partial charge is 0.462 e. The number of aromatic nitrogens is 2. The summed E-state index contributed by atoms with van der Waals surface area (Å²) < 4.78 is 36.4. The second-order valence-electron chi connectivity index (χ2n) is 10.1. The molecular formula is C27H31ClF2N6O. The first-order valence-electron chi connectivity index (χ1n) is 13.0. The lowest BCUT2D eigenvalue weighted by Crippen LogP contribution is -2.44. The maximum atomic E-state index is 16.4. The van der Waals surface area contributed by atoms with Crippen LogP contribution in [0, 0.1) is 11.6 Å². The van der Waals surface area contributed by atoms with E-state index in [9.17, 15) is 4.39 Å². The van der Waals surface area contributed by atoms with Crippen molar-refractivity contribution in [3.8, 4) is 6.01 Å². The van der Waals surface area contributed by atoms with Crippen molar-refractivity contribution in [2.24, 2.45) is 0 Å². The first kappa shape index (κ1) is 24.6. The number of likely N-dealkylation sites (tertiary alicyclic amines) is 1. The molecule has 0 aliphatic carbocycles. The molecule has 6 rings (SSSR count). The number of piperazine rings is 1. The van der Waals surface area contributed by atoms with E-state index in [1.54, 1.807) is 12.1 Å². The molecule has 4 heterocycles. The number of hydrogen-bond donors (Lipinski definition) is 1. The molecule has 0 bridgehead atoms. The fourth-order valence-corrected chi connectivity index (χ4v) is 6.03. The molecule has 7 nitrogen and oxygen atoms in total. The van der Waals surface area contributed by atoms with Gasteiger partial charge in [0.25, 0.3) is 0 Å². The van der Waals surface area contributed by atoms with Crippen LogP contribution in [0.2, 0.25) is 5.02 Å². The lowest BCUT2D eigenvalue weighted by Gasteiger charge is -2.33. The van der Waals surface area contributed by atoms with Crippen LogP contribution in [-0.2, 0) is 6.42 Å². The number of halogens is 3. The van der Waals surface area contributed by atoms with E-state index >= 15 is 4.39 Å². The maximum absolute atomic E-state index is 16.4. The van der Waals surface area contributed by atoms with Gasteiger partial charge in [-0.2, -0.15) is 9.97 Å². The van der Waals surface area contributed by atoms with Crippen molar-refractivity contribution >= 4 is 39.7 Å². The molecule has 2 aromatic carbocycles. The monoisotopic (exact) mass is 528 g/mol. The van der Waals surface area contributed by atoms with Crippen LogP contribution in [0.1, 0.15) is 24.8 Å². The lowest BCUT2D eigenvalue weighted by atomic mass is 10.0. The van der Waals surface area contributed by atoms with Gasteiger partial charge in [-0.3, -0.25) is 0 Å². The number of nitrogens with one attached hydrogen (secondary N) is 1. The second kappa shape index (κ2) is 10.2. The lowest BCUT2D eigenvalue weighted by molar-refractivity contribution is 0.188. The van der Waals surface area contributed by atoms with Crippen molar-refractivity contribution in [3.63, 3.8) is 0 Å². The standard InChI is InChI=1S/C27H31ClF2N6O/c1-34-10-3-5-19(34)16-37-27-32-24-20(26(33-27)35-12-8-31-9-13-35)15-21(28)25(23(24)30)36-11-2-4-17-14-18(29)6-7-22(17)36/h6-7,14-15,19,31H,2-5,8-13,16H2,1H3. The highest BCUT2D eigenvalue weighted by Gasteiger charge is 2.29. The van der Waals surface area contributed by atoms with Crippen molar-refractivity contribution in [2.75, 3.05) is 62.7 Å². The van der Waals surface area contributed by atoms with Gasteiger partial charge in [0.15, 0.2) is 5.82 Å². The predicted molar refractivity (Wildman–Crippen MR) is 142 cm³/mol. The fraction of sp³-hybridized carbons (Fsp3) is 0.481. The van der Waals surface area contributed by atoms with E-state index in [0.29, 0.717) is 24.4 Å². The topological polar surface area (TPSA) is 56.8 Å². The van der Waals surface area contributed by atoms with E-state index in [0.717, 1.165) is 69.7 Å². The minimum Gasteiger partial charge on any atom is -0.462 e. The molecule has 1 N–H and O–H groups in total. The summed E-state index contributed by atoms with van der Waals surface area (Å²) >= 11 is 6.77. The van der Waals surface area contributed by atoms with E-state index < -0.39 is 5.82 Å². The minimum atomic E-state index is -0.513. The van der Waals surface area contributed by atoms with Gasteiger partial charge in [0.2, 0.25) is 0 Å². The Hall–Kier alpha value is -2.75. The van der Waals surface area contributed by atoms with Gasteiger partial charge in [-0.25, -0.2) is 8.78 Å². The van der Waals surface area contributed by atoms with Crippen LogP contribution in [-0.4, -0.2) is 73.8 Å². The zero-order chi connectivity index (χ0) is 25.5. The van der Waals surface area contributed by atoms with E-state index in [1.165, 1.54) is 12.1 Å². The van der Waals surface area contributed by atoms with Crippen LogP contribution >= 0.6 is 11.6 Å². The molecule has 0 saturated carbocycles. The van der Waals surface area contributed by atoms with Crippen LogP contribution in [0.25, 0.3) is 10.9 Å². The number of fused-ring (bicyclic) bond motifs is 2. The first-order valence-corrected chi connectivity index (χ1v) is 13.4. The number of benzene rings is 2. The highest BCUT2D eigenvalue weighted by Crippen LogP contribution is 2.43. The number of aryl methyl sites for hydroxylation is 1. The van der Waals surface area contributed by atoms with Crippen LogP contribution < -0.4 is 19.9 Å². The summed E-state index contributed by atoms with van der Waals surface area (Å²) in [5.41, 5.74) is 2.06. The fourth-order valence-electron chi connectivity index (χ4n) is 5.74. The zero-order valence-corrected chi connectivity index (χ0v) is 21.7. The molecule has 3 aliphatic rings. The van der Waals surface area contributed by atoms with Crippen LogP contribution in [0.15, 0.2) is 24.3 Å². The number of likely N-dealkylation sites (N-methyl/N-ethyl adjacent to an activating group) is 1. The van der Waals surface area contributed by atoms with Crippen molar-refractivity contribution in [1.29, 1.82) is 0 Å². The third-order valence-electron chi connectivity index (χ3n) is 7.74. The number of ether oxygens (including phenoxy) is 1. The van der Waals surface area contributed by atoms with Gasteiger partial charge >= 0.3 is 6.01 Å². The van der Waals surface area contributed by atoms with Gasteiger partial charge in [0.1, 0.15) is 23.8 Å². The molecule has 0 spiro atoms. The van der Waals surface area contributed by atoms with Crippen molar-refractivity contribution in [1.82, 2.24) is 20.2 Å². The molecule has 1 unspecified atom stereocenters. The van der Waals surface area contributed by atoms with Crippen LogP contribution in [0.4, 0.5) is 26.0 Å². The van der Waals surface area contributed by atoms with Gasteiger partial charge < -0.3 is 24.8 Å². The third kappa shape index (κ3) is 4.69. The number of rotatable bonds is 5. The molecule has 37 heavy (non-hydrogen) atoms. The Labute approximate surface area is 220 Å². The molecule has 3 aliphatic heterocycles. The van der Waals surface area contributed by atoms with Gasteiger partial charge in [0, 0.05) is 49.8 Å². The molecule has 3 aromatic rings. The zero-order valence-electron chi connectivity index (χ0n) is 20.9. The second-order valence-corrected chi connectivity index (χ2v) is 10.5. The van der Waals surface area contributed by atoms with Gasteiger partial charge in [0.05, 0.1) is 10.7 Å². The molecule has 1 aromatic heterocycles. The highest BCUT2D eigenvalue weighted by atomic mass is 35.5. The summed E-state index contributed by atoms with van der Waals surface area (Å²) in [6, 6.07) is 6.85. The summed E-state index contributed by atoms with van der Waals surface area (Å²) in [6.07, 6.45) is 3.69. The summed E-state index contributed by atoms with van der Waals surface area (Å²) in [5, 5.41) is 4.19. The van der Waals surface area contributed by atoms with Gasteiger partial charge in [-0.1, -0.05) is 11.6 Å². The quantitative estimate of drug-likeness (QED) is 0.522. The summed E-state index contributed by atoms with van der Waals surface area (Å²) in [7, 11) is 2.09. The average molecular weight is 529 g/mol. The van der Waals surface area contributed by atoms with Crippen molar-refractivity contribution in [2.45, 2.75) is 31.7 Å². The Kier molecular flexibility index (Phi) is 6.77. The van der Waals surface area contributed by atoms with Crippen LogP contribution in [0.3, 0.4) is 0 Å². The molecule has 0 radical (unpaired) electrons. The molecule has 1 atom stereocenters. The molecule has 2 fully saturated rings. The highest BCUT2D eigenvalue weighted by molar-refractivity contribution is 6.34. The number of nitrogens with zero attached hydrogens (tertiary/aromatic N) is 5. The Bertz CT molecular complexity index is 1320. The smallest absolute Gasteiger partial charge is 0.319 e. The Morgan fingerprint density at radius 3 is 2.70 bits per heavy atom. The van der Waals surface area contributed by atoms with E-state index in [4.69, 9.17) is 21.3 Å². The molecule has 10 heteroatoms. The SMILES string of the molecule is CN1CCCC1COc1nc(N2CCNCC2)c2cc(Cl)c(N3CCCc4cc(F)ccc43)c(F)c2n1. The number of hydrogen-bond acceptors (Lipinski definition) is 7. The summed E-state index contributed by atoms with van der Waals surface area (Å²) in [5.74, 6) is -0.176. The molecule has 196 valence electrons. The normalized spacial score (nSPS) is 20.5. The van der Waals surface area contributed by atoms with Crippen LogP contribution in [0.5, 0.6) is 6.01 Å². The van der Waals surface area contributed by atoms with E-state index in [1.807, 2.05) is 4.90 Å². The first-order chi connectivity index (χ1) is 18.0. The van der Waals surface area contributed by atoms with Gasteiger partial charge in [-0.15, -0.1) is 0 Å². The van der Waals surface area contributed by atoms with Crippen molar-refractivity contribution < 1.29 is 13.5 Å². The average Bonchev–Trinajstić information content (AvgIpc) is 3.32. The van der Waals surface area contributed by atoms with Crippen molar-refractivity contribution in [3.05, 3.63) is 46.5 Å². The predicted octanol–water partition coefficient (Wildman–Crippen LogP) is 4.53. The third-order valence-corrected chi connectivity index (χ3v) is 8.03. The van der Waals surface area contributed by atoms with Gasteiger partial charge in [-0.05, 0) is 69.1 Å².